The second-order valence-corrected chi connectivity index (χ2v) is 5.26. The Hall–Kier alpha value is -1.39. The van der Waals surface area contributed by atoms with E-state index in [2.05, 4.69) is 28.7 Å². The van der Waals surface area contributed by atoms with E-state index < -0.39 is 0 Å². The molecular weight excluding hydrogens is 244 g/mol. The van der Waals surface area contributed by atoms with Crippen LogP contribution in [-0.2, 0) is 6.54 Å². The summed E-state index contributed by atoms with van der Waals surface area (Å²) in [6, 6.07) is 8.10. The summed E-state index contributed by atoms with van der Waals surface area (Å²) in [5, 5.41) is 6.52. The fourth-order valence-corrected chi connectivity index (χ4v) is 2.26. The second kappa shape index (κ2) is 6.52. The molecule has 0 saturated carbocycles. The van der Waals surface area contributed by atoms with E-state index >= 15 is 0 Å². The maximum atomic E-state index is 5.65. The molecule has 1 N–H and O–H groups in total. The number of nitrogens with one attached hydrogen (secondary N) is 1. The highest BCUT2D eigenvalue weighted by Gasteiger charge is 1.97. The van der Waals surface area contributed by atoms with Gasteiger partial charge in [-0.05, 0) is 31.5 Å². The smallest absolute Gasteiger partial charge is 0.119 e. The molecule has 0 radical (unpaired) electrons. The number of nitrogens with zero attached hydrogens (tertiary/aromatic N) is 1. The highest BCUT2D eigenvalue weighted by molar-refractivity contribution is 7.09. The van der Waals surface area contributed by atoms with Crippen molar-refractivity contribution in [1.29, 1.82) is 0 Å². The average Bonchev–Trinajstić information content (AvgIpc) is 2.75. The number of thiazole rings is 1. The lowest BCUT2D eigenvalue weighted by Crippen LogP contribution is -2.20. The number of hydrogen-bond donors (Lipinski definition) is 1. The molecule has 2 rings (SSSR count). The summed E-state index contributed by atoms with van der Waals surface area (Å²) < 4.78 is 5.65. The fourth-order valence-electron chi connectivity index (χ4n) is 1.65. The van der Waals surface area contributed by atoms with Gasteiger partial charge in [0.2, 0.25) is 0 Å². The highest BCUT2D eigenvalue weighted by atomic mass is 32.1. The largest absolute Gasteiger partial charge is 0.492 e. The molecular formula is C14H18N2OS. The van der Waals surface area contributed by atoms with Crippen LogP contribution in [-0.4, -0.2) is 18.1 Å². The molecule has 0 amide bonds. The Morgan fingerprint density at radius 2 is 2.22 bits per heavy atom. The van der Waals surface area contributed by atoms with Crippen molar-refractivity contribution in [3.8, 4) is 5.75 Å². The van der Waals surface area contributed by atoms with Crippen molar-refractivity contribution in [1.82, 2.24) is 10.3 Å². The Kier molecular flexibility index (Phi) is 4.73. The van der Waals surface area contributed by atoms with E-state index in [1.807, 2.05) is 25.1 Å². The summed E-state index contributed by atoms with van der Waals surface area (Å²) in [5.74, 6) is 0.932. The first kappa shape index (κ1) is 13.1. The van der Waals surface area contributed by atoms with Gasteiger partial charge in [0, 0.05) is 18.5 Å². The molecule has 3 nitrogen and oxygen atoms in total. The van der Waals surface area contributed by atoms with Crippen molar-refractivity contribution in [2.45, 2.75) is 20.4 Å². The minimum absolute atomic E-state index is 0.673. The Morgan fingerprint density at radius 1 is 1.33 bits per heavy atom. The molecule has 2 aromatic rings. The molecule has 18 heavy (non-hydrogen) atoms. The van der Waals surface area contributed by atoms with Gasteiger partial charge in [-0.25, -0.2) is 4.98 Å². The first-order valence-corrected chi connectivity index (χ1v) is 6.93. The molecule has 1 aromatic heterocycles. The number of ether oxygens (including phenoxy) is 1. The summed E-state index contributed by atoms with van der Waals surface area (Å²) in [6.07, 6.45) is 0. The van der Waals surface area contributed by atoms with E-state index in [4.69, 9.17) is 4.74 Å². The molecule has 0 aliphatic rings. The van der Waals surface area contributed by atoms with Gasteiger partial charge in [-0.3, -0.25) is 0 Å². The average molecular weight is 262 g/mol. The maximum Gasteiger partial charge on any atom is 0.119 e. The lowest BCUT2D eigenvalue weighted by Gasteiger charge is -2.07. The topological polar surface area (TPSA) is 34.1 Å². The van der Waals surface area contributed by atoms with Gasteiger partial charge >= 0.3 is 0 Å². The van der Waals surface area contributed by atoms with Crippen LogP contribution in [0, 0.1) is 13.8 Å². The van der Waals surface area contributed by atoms with Crippen molar-refractivity contribution in [3.05, 3.63) is 45.9 Å². The third kappa shape index (κ3) is 4.13. The van der Waals surface area contributed by atoms with Crippen molar-refractivity contribution >= 4 is 11.3 Å². The normalized spacial score (nSPS) is 10.6. The molecule has 96 valence electrons. The number of aryl methyl sites for hydroxylation is 2. The Labute approximate surface area is 112 Å². The SMILES string of the molecule is Cc1cccc(OCCNCc2csc(C)n2)c1. The van der Waals surface area contributed by atoms with Crippen LogP contribution in [0.4, 0.5) is 0 Å². The van der Waals surface area contributed by atoms with Gasteiger partial charge in [-0.2, -0.15) is 0 Å². The van der Waals surface area contributed by atoms with Crippen LogP contribution in [0.5, 0.6) is 5.75 Å². The lowest BCUT2D eigenvalue weighted by atomic mass is 10.2. The number of benzene rings is 1. The quantitative estimate of drug-likeness (QED) is 0.813. The number of rotatable bonds is 6. The van der Waals surface area contributed by atoms with Crippen LogP contribution >= 0.6 is 11.3 Å². The van der Waals surface area contributed by atoms with Gasteiger partial charge in [0.05, 0.1) is 10.7 Å². The van der Waals surface area contributed by atoms with Crippen molar-refractivity contribution in [2.75, 3.05) is 13.2 Å². The zero-order valence-electron chi connectivity index (χ0n) is 10.8. The highest BCUT2D eigenvalue weighted by Crippen LogP contribution is 2.11. The van der Waals surface area contributed by atoms with E-state index in [1.54, 1.807) is 11.3 Å². The first-order valence-electron chi connectivity index (χ1n) is 6.05. The Balaban J connectivity index is 1.64. The van der Waals surface area contributed by atoms with Gasteiger partial charge in [0.1, 0.15) is 12.4 Å². The standard InChI is InChI=1S/C14H18N2OS/c1-11-4-3-5-14(8-11)17-7-6-15-9-13-10-18-12(2)16-13/h3-5,8,10,15H,6-7,9H2,1-2H3. The Bertz CT molecular complexity index is 496. The summed E-state index contributed by atoms with van der Waals surface area (Å²) in [6.45, 7) is 6.39. The van der Waals surface area contributed by atoms with Gasteiger partial charge in [0.15, 0.2) is 0 Å². The van der Waals surface area contributed by atoms with Crippen LogP contribution < -0.4 is 10.1 Å². The van der Waals surface area contributed by atoms with E-state index in [1.165, 1.54) is 5.56 Å². The minimum Gasteiger partial charge on any atom is -0.492 e. The maximum absolute atomic E-state index is 5.65. The summed E-state index contributed by atoms with van der Waals surface area (Å²) in [4.78, 5) is 4.39. The van der Waals surface area contributed by atoms with Gasteiger partial charge in [-0.1, -0.05) is 12.1 Å². The number of aromatic nitrogens is 1. The van der Waals surface area contributed by atoms with E-state index in [9.17, 15) is 0 Å². The van der Waals surface area contributed by atoms with Crippen LogP contribution in [0.2, 0.25) is 0 Å². The van der Waals surface area contributed by atoms with E-state index in [0.29, 0.717) is 6.61 Å². The third-order valence-corrected chi connectivity index (χ3v) is 3.33. The van der Waals surface area contributed by atoms with E-state index in [0.717, 1.165) is 29.5 Å². The fraction of sp³-hybridized carbons (Fsp3) is 0.357. The monoisotopic (exact) mass is 262 g/mol. The van der Waals surface area contributed by atoms with Crippen LogP contribution in [0.3, 0.4) is 0 Å². The lowest BCUT2D eigenvalue weighted by molar-refractivity contribution is 0.313. The molecule has 4 heteroatoms. The molecule has 1 heterocycles. The van der Waals surface area contributed by atoms with Crippen molar-refractivity contribution < 1.29 is 4.74 Å². The van der Waals surface area contributed by atoms with Crippen LogP contribution in [0.15, 0.2) is 29.6 Å². The molecule has 0 saturated heterocycles. The molecule has 0 aliphatic heterocycles. The predicted molar refractivity (Wildman–Crippen MR) is 75.2 cm³/mol. The zero-order chi connectivity index (χ0) is 12.8. The predicted octanol–water partition coefficient (Wildman–Crippen LogP) is 2.93. The van der Waals surface area contributed by atoms with Crippen molar-refractivity contribution in [3.63, 3.8) is 0 Å². The molecule has 0 bridgehead atoms. The second-order valence-electron chi connectivity index (χ2n) is 4.20. The van der Waals surface area contributed by atoms with Crippen molar-refractivity contribution in [2.24, 2.45) is 0 Å². The van der Waals surface area contributed by atoms with E-state index in [-0.39, 0.29) is 0 Å². The minimum atomic E-state index is 0.673. The molecule has 1 aromatic carbocycles. The van der Waals surface area contributed by atoms with Gasteiger partial charge in [-0.15, -0.1) is 11.3 Å². The van der Waals surface area contributed by atoms with Gasteiger partial charge in [0.25, 0.3) is 0 Å². The first-order chi connectivity index (χ1) is 8.74. The molecule has 0 atom stereocenters. The summed E-state index contributed by atoms with van der Waals surface area (Å²) in [5.41, 5.74) is 2.33. The molecule has 0 fully saturated rings. The third-order valence-electron chi connectivity index (χ3n) is 2.51. The molecule has 0 aliphatic carbocycles. The summed E-state index contributed by atoms with van der Waals surface area (Å²) in [7, 11) is 0. The van der Waals surface area contributed by atoms with Gasteiger partial charge < -0.3 is 10.1 Å². The zero-order valence-corrected chi connectivity index (χ0v) is 11.6. The Morgan fingerprint density at radius 3 is 2.94 bits per heavy atom. The molecule has 0 spiro atoms. The molecule has 0 unspecified atom stereocenters. The summed E-state index contributed by atoms with van der Waals surface area (Å²) >= 11 is 1.68. The van der Waals surface area contributed by atoms with Crippen LogP contribution in [0.1, 0.15) is 16.3 Å². The van der Waals surface area contributed by atoms with Crippen LogP contribution in [0.25, 0.3) is 0 Å². The number of hydrogen-bond acceptors (Lipinski definition) is 4.